The van der Waals surface area contributed by atoms with Gasteiger partial charge in [0, 0.05) is 17.8 Å². The van der Waals surface area contributed by atoms with Crippen LogP contribution in [0.15, 0.2) is 12.3 Å². The van der Waals surface area contributed by atoms with E-state index in [1.807, 2.05) is 0 Å². The molecule has 2 rings (SSSR count). The van der Waals surface area contributed by atoms with E-state index in [4.69, 9.17) is 10.5 Å². The zero-order valence-corrected chi connectivity index (χ0v) is 10.3. The van der Waals surface area contributed by atoms with E-state index in [2.05, 4.69) is 4.98 Å². The average molecular weight is 251 g/mol. The Bertz CT molecular complexity index is 450. The van der Waals surface area contributed by atoms with Gasteiger partial charge in [0.25, 0.3) is 5.69 Å². The van der Waals surface area contributed by atoms with Gasteiger partial charge in [-0.25, -0.2) is 4.98 Å². The third-order valence-electron chi connectivity index (χ3n) is 3.27. The molecule has 6 heteroatoms. The number of pyridine rings is 1. The van der Waals surface area contributed by atoms with Crippen LogP contribution in [0.4, 0.5) is 5.69 Å². The van der Waals surface area contributed by atoms with E-state index in [9.17, 15) is 10.1 Å². The predicted molar refractivity (Wildman–Crippen MR) is 66.5 cm³/mol. The van der Waals surface area contributed by atoms with Gasteiger partial charge < -0.3 is 10.5 Å². The number of hydrogen-bond donors (Lipinski definition) is 1. The molecule has 1 aromatic heterocycles. The van der Waals surface area contributed by atoms with Crippen LogP contribution in [0.25, 0.3) is 0 Å². The van der Waals surface area contributed by atoms with Crippen molar-refractivity contribution in [3.8, 4) is 5.88 Å². The van der Waals surface area contributed by atoms with Gasteiger partial charge in [-0.1, -0.05) is 6.42 Å². The molecule has 6 nitrogen and oxygen atoms in total. The van der Waals surface area contributed by atoms with Crippen molar-refractivity contribution in [3.05, 3.63) is 27.9 Å². The molecule has 0 spiro atoms. The lowest BCUT2D eigenvalue weighted by molar-refractivity contribution is -0.385. The SMILES string of the molecule is Cc1cnc(OC2CCCCC2N)cc1[N+](=O)[O-]. The minimum absolute atomic E-state index is 0.0130. The Morgan fingerprint density at radius 2 is 2.22 bits per heavy atom. The van der Waals surface area contributed by atoms with Crippen LogP contribution < -0.4 is 10.5 Å². The van der Waals surface area contributed by atoms with Crippen LogP contribution in [0.1, 0.15) is 31.2 Å². The number of nitro groups is 1. The fourth-order valence-corrected chi connectivity index (χ4v) is 2.18. The lowest BCUT2D eigenvalue weighted by atomic mass is 9.93. The maximum absolute atomic E-state index is 10.8. The fourth-order valence-electron chi connectivity index (χ4n) is 2.18. The van der Waals surface area contributed by atoms with Crippen LogP contribution >= 0.6 is 0 Å². The van der Waals surface area contributed by atoms with Crippen molar-refractivity contribution >= 4 is 5.69 Å². The fraction of sp³-hybridized carbons (Fsp3) is 0.583. The standard InChI is InChI=1S/C12H17N3O3/c1-8-7-14-12(6-10(8)15(16)17)18-11-5-3-2-4-9(11)13/h6-7,9,11H,2-5,13H2,1H3. The summed E-state index contributed by atoms with van der Waals surface area (Å²) in [5.74, 6) is 0.287. The molecule has 1 heterocycles. The van der Waals surface area contributed by atoms with Crippen molar-refractivity contribution in [1.82, 2.24) is 4.98 Å². The average Bonchev–Trinajstić information content (AvgIpc) is 2.34. The normalized spacial score (nSPS) is 23.7. The second-order valence-corrected chi connectivity index (χ2v) is 4.67. The highest BCUT2D eigenvalue weighted by Crippen LogP contribution is 2.25. The van der Waals surface area contributed by atoms with Gasteiger partial charge in [-0.15, -0.1) is 0 Å². The van der Waals surface area contributed by atoms with E-state index in [1.165, 1.54) is 12.3 Å². The molecule has 0 aliphatic heterocycles. The quantitative estimate of drug-likeness (QED) is 0.654. The molecule has 1 saturated carbocycles. The molecule has 0 radical (unpaired) electrons. The van der Waals surface area contributed by atoms with Crippen molar-refractivity contribution < 1.29 is 9.66 Å². The monoisotopic (exact) mass is 251 g/mol. The van der Waals surface area contributed by atoms with Crippen LogP contribution in [-0.4, -0.2) is 22.1 Å². The van der Waals surface area contributed by atoms with E-state index >= 15 is 0 Å². The summed E-state index contributed by atoms with van der Waals surface area (Å²) in [6.45, 7) is 1.65. The Labute approximate surface area is 105 Å². The number of rotatable bonds is 3. The summed E-state index contributed by atoms with van der Waals surface area (Å²) in [6, 6.07) is 1.36. The highest BCUT2D eigenvalue weighted by atomic mass is 16.6. The summed E-state index contributed by atoms with van der Waals surface area (Å²) < 4.78 is 5.67. The van der Waals surface area contributed by atoms with Gasteiger partial charge in [-0.05, 0) is 26.2 Å². The predicted octanol–water partition coefficient (Wildman–Crippen LogP) is 1.95. The second kappa shape index (κ2) is 5.30. The number of aryl methyl sites for hydroxylation is 1. The van der Waals surface area contributed by atoms with Crippen LogP contribution in [0, 0.1) is 17.0 Å². The van der Waals surface area contributed by atoms with E-state index in [1.54, 1.807) is 6.92 Å². The van der Waals surface area contributed by atoms with E-state index in [0.29, 0.717) is 5.56 Å². The molecule has 0 amide bonds. The van der Waals surface area contributed by atoms with Crippen LogP contribution in [0.5, 0.6) is 5.88 Å². The lowest BCUT2D eigenvalue weighted by Crippen LogP contribution is -2.41. The van der Waals surface area contributed by atoms with Gasteiger partial charge in [0.1, 0.15) is 6.10 Å². The first-order chi connectivity index (χ1) is 8.58. The van der Waals surface area contributed by atoms with Gasteiger partial charge in [0.15, 0.2) is 0 Å². The molecule has 1 aromatic rings. The van der Waals surface area contributed by atoms with Crippen LogP contribution in [0.2, 0.25) is 0 Å². The van der Waals surface area contributed by atoms with Crippen molar-refractivity contribution in [1.29, 1.82) is 0 Å². The number of hydrogen-bond acceptors (Lipinski definition) is 5. The van der Waals surface area contributed by atoms with Gasteiger partial charge in [0.2, 0.25) is 5.88 Å². The maximum Gasteiger partial charge on any atom is 0.279 e. The highest BCUT2D eigenvalue weighted by Gasteiger charge is 2.24. The van der Waals surface area contributed by atoms with Crippen molar-refractivity contribution in [2.24, 2.45) is 5.73 Å². The molecule has 18 heavy (non-hydrogen) atoms. The van der Waals surface area contributed by atoms with Crippen molar-refractivity contribution in [3.63, 3.8) is 0 Å². The van der Waals surface area contributed by atoms with Crippen molar-refractivity contribution in [2.75, 3.05) is 0 Å². The highest BCUT2D eigenvalue weighted by molar-refractivity contribution is 5.40. The van der Waals surface area contributed by atoms with E-state index < -0.39 is 4.92 Å². The summed E-state index contributed by atoms with van der Waals surface area (Å²) in [4.78, 5) is 14.5. The zero-order valence-electron chi connectivity index (χ0n) is 10.3. The summed E-state index contributed by atoms with van der Waals surface area (Å²) >= 11 is 0. The Kier molecular flexibility index (Phi) is 3.76. The van der Waals surface area contributed by atoms with Crippen LogP contribution in [-0.2, 0) is 0 Å². The molecule has 98 valence electrons. The third-order valence-corrected chi connectivity index (χ3v) is 3.27. The molecule has 0 saturated heterocycles. The molecule has 2 N–H and O–H groups in total. The molecular formula is C12H17N3O3. The number of aromatic nitrogens is 1. The summed E-state index contributed by atoms with van der Waals surface area (Å²) in [7, 11) is 0. The Balaban J connectivity index is 2.14. The van der Waals surface area contributed by atoms with Crippen molar-refractivity contribution in [2.45, 2.75) is 44.8 Å². The van der Waals surface area contributed by atoms with Gasteiger partial charge in [-0.2, -0.15) is 0 Å². The Hall–Kier alpha value is -1.69. The maximum atomic E-state index is 10.8. The summed E-state index contributed by atoms with van der Waals surface area (Å²) in [6.07, 6.45) is 5.37. The summed E-state index contributed by atoms with van der Waals surface area (Å²) in [5, 5.41) is 10.8. The number of nitrogens with zero attached hydrogens (tertiary/aromatic N) is 2. The molecule has 1 aliphatic rings. The van der Waals surface area contributed by atoms with E-state index in [0.717, 1.165) is 25.7 Å². The molecular weight excluding hydrogens is 234 g/mol. The van der Waals surface area contributed by atoms with E-state index in [-0.39, 0.29) is 23.7 Å². The molecule has 2 unspecified atom stereocenters. The van der Waals surface area contributed by atoms with Crippen LogP contribution in [0.3, 0.4) is 0 Å². The molecule has 0 bridgehead atoms. The minimum Gasteiger partial charge on any atom is -0.473 e. The topological polar surface area (TPSA) is 91.3 Å². The minimum atomic E-state index is -0.426. The largest absolute Gasteiger partial charge is 0.473 e. The summed E-state index contributed by atoms with van der Waals surface area (Å²) in [5.41, 5.74) is 6.53. The van der Waals surface area contributed by atoms with Gasteiger partial charge >= 0.3 is 0 Å². The molecule has 2 atom stereocenters. The third kappa shape index (κ3) is 2.76. The number of ether oxygens (including phenoxy) is 1. The Morgan fingerprint density at radius 1 is 1.50 bits per heavy atom. The van der Waals surface area contributed by atoms with Gasteiger partial charge in [0.05, 0.1) is 11.0 Å². The molecule has 1 aliphatic carbocycles. The zero-order chi connectivity index (χ0) is 13.1. The Morgan fingerprint density at radius 3 is 2.89 bits per heavy atom. The van der Waals surface area contributed by atoms with Gasteiger partial charge in [-0.3, -0.25) is 10.1 Å². The number of nitrogens with two attached hydrogens (primary N) is 1. The first-order valence-corrected chi connectivity index (χ1v) is 6.11. The molecule has 0 aromatic carbocycles. The molecule has 1 fully saturated rings. The smallest absolute Gasteiger partial charge is 0.279 e. The second-order valence-electron chi connectivity index (χ2n) is 4.67. The lowest BCUT2D eigenvalue weighted by Gasteiger charge is -2.28. The first kappa shape index (κ1) is 12.8. The first-order valence-electron chi connectivity index (χ1n) is 6.11.